The lowest BCUT2D eigenvalue weighted by Crippen LogP contribution is -2.39. The molecule has 1 atom stereocenters. The van der Waals surface area contributed by atoms with E-state index in [1.54, 1.807) is 4.31 Å². The highest BCUT2D eigenvalue weighted by Crippen LogP contribution is 2.32. The molecule has 1 aliphatic heterocycles. The Kier molecular flexibility index (Phi) is 3.28. The summed E-state index contributed by atoms with van der Waals surface area (Å²) in [5.41, 5.74) is 1.66. The maximum Gasteiger partial charge on any atom is 0.237 e. The van der Waals surface area contributed by atoms with Gasteiger partial charge in [0.2, 0.25) is 10.0 Å². The van der Waals surface area contributed by atoms with E-state index < -0.39 is 10.0 Å². The van der Waals surface area contributed by atoms with Gasteiger partial charge in [-0.25, -0.2) is 8.42 Å². The number of benzene rings is 1. The summed E-state index contributed by atoms with van der Waals surface area (Å²) in [6.07, 6.45) is 0.799. The highest BCUT2D eigenvalue weighted by atomic mass is 32.2. The normalized spacial score (nSPS) is 20.0. The molecule has 1 aliphatic rings. The summed E-state index contributed by atoms with van der Waals surface area (Å²) in [6, 6.07) is 7.55. The maximum absolute atomic E-state index is 12.3. The van der Waals surface area contributed by atoms with Crippen LogP contribution in [0.25, 0.3) is 0 Å². The second kappa shape index (κ2) is 4.56. The van der Waals surface area contributed by atoms with E-state index in [4.69, 9.17) is 0 Å². The van der Waals surface area contributed by atoms with E-state index in [2.05, 4.69) is 5.32 Å². The molecule has 17 heavy (non-hydrogen) atoms. The minimum Gasteiger partial charge on any atom is -0.382 e. The van der Waals surface area contributed by atoms with Gasteiger partial charge in [-0.2, -0.15) is 0 Å². The van der Waals surface area contributed by atoms with Crippen molar-refractivity contribution in [3.05, 3.63) is 24.3 Å². The molecule has 1 unspecified atom stereocenters. The van der Waals surface area contributed by atoms with E-state index in [0.29, 0.717) is 6.54 Å². The van der Waals surface area contributed by atoms with Gasteiger partial charge in [-0.1, -0.05) is 19.1 Å². The predicted octanol–water partition coefficient (Wildman–Crippen LogP) is 2.05. The highest BCUT2D eigenvalue weighted by molar-refractivity contribution is 7.92. The number of nitrogens with one attached hydrogen (secondary N) is 1. The van der Waals surface area contributed by atoms with E-state index in [0.717, 1.165) is 17.8 Å². The zero-order chi connectivity index (χ0) is 12.5. The number of anilines is 2. The van der Waals surface area contributed by atoms with Crippen LogP contribution in [0.15, 0.2) is 24.3 Å². The van der Waals surface area contributed by atoms with E-state index >= 15 is 0 Å². The summed E-state index contributed by atoms with van der Waals surface area (Å²) in [5, 5.41) is 3.17. The molecule has 94 valence electrons. The highest BCUT2D eigenvalue weighted by Gasteiger charge is 2.30. The van der Waals surface area contributed by atoms with E-state index in [-0.39, 0.29) is 11.8 Å². The van der Waals surface area contributed by atoms with Gasteiger partial charge in [-0.3, -0.25) is 4.31 Å². The van der Waals surface area contributed by atoms with E-state index in [1.165, 1.54) is 0 Å². The van der Waals surface area contributed by atoms with Gasteiger partial charge in [0.25, 0.3) is 0 Å². The monoisotopic (exact) mass is 254 g/mol. The number of para-hydroxylation sites is 2. The lowest BCUT2D eigenvalue weighted by molar-refractivity contribution is 0.578. The fraction of sp³-hybridized carbons (Fsp3) is 0.500. The molecule has 0 bridgehead atoms. The van der Waals surface area contributed by atoms with Gasteiger partial charge in [0.1, 0.15) is 0 Å². The van der Waals surface area contributed by atoms with Gasteiger partial charge in [-0.05, 0) is 25.5 Å². The minimum absolute atomic E-state index is 0.0129. The van der Waals surface area contributed by atoms with Crippen molar-refractivity contribution in [2.45, 2.75) is 26.3 Å². The van der Waals surface area contributed by atoms with Crippen molar-refractivity contribution in [3.8, 4) is 0 Å². The van der Waals surface area contributed by atoms with Crippen molar-refractivity contribution >= 4 is 21.4 Å². The Morgan fingerprint density at radius 3 is 2.82 bits per heavy atom. The maximum atomic E-state index is 12.3. The predicted molar refractivity (Wildman–Crippen MR) is 71.0 cm³/mol. The summed E-state index contributed by atoms with van der Waals surface area (Å²) in [5.74, 6) is 0.145. The number of sulfonamides is 1. The fourth-order valence-corrected chi connectivity index (χ4v) is 3.77. The van der Waals surface area contributed by atoms with Crippen LogP contribution >= 0.6 is 0 Å². The third-order valence-electron chi connectivity index (χ3n) is 3.11. The molecule has 0 amide bonds. The molecular formula is C12H18N2O2S. The Morgan fingerprint density at radius 1 is 1.41 bits per heavy atom. The van der Waals surface area contributed by atoms with Crippen molar-refractivity contribution in [1.82, 2.24) is 0 Å². The smallest absolute Gasteiger partial charge is 0.237 e. The Balaban J connectivity index is 2.56. The van der Waals surface area contributed by atoms with Crippen LogP contribution in [0.1, 0.15) is 20.3 Å². The van der Waals surface area contributed by atoms with Crippen molar-refractivity contribution in [2.75, 3.05) is 21.9 Å². The fourth-order valence-electron chi connectivity index (χ4n) is 2.06. The van der Waals surface area contributed by atoms with Crippen molar-refractivity contribution in [3.63, 3.8) is 0 Å². The summed E-state index contributed by atoms with van der Waals surface area (Å²) >= 11 is 0. The topological polar surface area (TPSA) is 49.4 Å². The number of hydrogen-bond acceptors (Lipinski definition) is 3. The average molecular weight is 254 g/mol. The van der Waals surface area contributed by atoms with Crippen molar-refractivity contribution in [1.29, 1.82) is 0 Å². The van der Waals surface area contributed by atoms with Crippen LogP contribution in [0.5, 0.6) is 0 Å². The zero-order valence-corrected chi connectivity index (χ0v) is 11.0. The Morgan fingerprint density at radius 2 is 2.12 bits per heavy atom. The Bertz CT molecular complexity index is 499. The SMILES string of the molecule is CCC(C)N1c2ccccc2NCCS1(=O)=O. The first-order valence-electron chi connectivity index (χ1n) is 5.91. The lowest BCUT2D eigenvalue weighted by atomic mass is 10.2. The van der Waals surface area contributed by atoms with Crippen LogP contribution in [0.3, 0.4) is 0 Å². The van der Waals surface area contributed by atoms with Gasteiger partial charge in [0, 0.05) is 12.6 Å². The van der Waals surface area contributed by atoms with Crippen LogP contribution in [-0.2, 0) is 10.0 Å². The number of rotatable bonds is 2. The number of fused-ring (bicyclic) bond motifs is 1. The van der Waals surface area contributed by atoms with Gasteiger partial charge in [0.05, 0.1) is 17.1 Å². The van der Waals surface area contributed by atoms with Crippen LogP contribution in [-0.4, -0.2) is 26.8 Å². The second-order valence-electron chi connectivity index (χ2n) is 4.31. The molecule has 0 spiro atoms. The standard InChI is InChI=1S/C12H18N2O2S/c1-3-10(2)14-12-7-5-4-6-11(12)13-8-9-17(14,15)16/h4-7,10,13H,3,8-9H2,1-2H3. The molecule has 2 rings (SSSR count). The van der Waals surface area contributed by atoms with Gasteiger partial charge >= 0.3 is 0 Å². The molecule has 0 saturated carbocycles. The second-order valence-corrected chi connectivity index (χ2v) is 6.28. The first-order chi connectivity index (χ1) is 8.06. The molecule has 0 fully saturated rings. The zero-order valence-electron chi connectivity index (χ0n) is 10.2. The molecule has 0 aliphatic carbocycles. The molecule has 0 saturated heterocycles. The van der Waals surface area contributed by atoms with Crippen molar-refractivity contribution < 1.29 is 8.42 Å². The summed E-state index contributed by atoms with van der Waals surface area (Å²) in [4.78, 5) is 0. The molecule has 1 heterocycles. The quantitative estimate of drug-likeness (QED) is 0.878. The first-order valence-corrected chi connectivity index (χ1v) is 7.52. The number of hydrogen-bond donors (Lipinski definition) is 1. The van der Waals surface area contributed by atoms with Crippen molar-refractivity contribution in [2.24, 2.45) is 0 Å². The molecule has 0 radical (unpaired) electrons. The third-order valence-corrected chi connectivity index (χ3v) is 4.98. The number of nitrogens with zero attached hydrogens (tertiary/aromatic N) is 1. The Hall–Kier alpha value is -1.23. The average Bonchev–Trinajstić information content (AvgIpc) is 2.43. The molecule has 0 aromatic heterocycles. The van der Waals surface area contributed by atoms with Crippen LogP contribution in [0, 0.1) is 0 Å². The minimum atomic E-state index is -3.21. The molecule has 1 N–H and O–H groups in total. The van der Waals surface area contributed by atoms with Gasteiger partial charge in [-0.15, -0.1) is 0 Å². The largest absolute Gasteiger partial charge is 0.382 e. The molecular weight excluding hydrogens is 236 g/mol. The Labute approximate surface area is 103 Å². The lowest BCUT2D eigenvalue weighted by Gasteiger charge is -2.29. The van der Waals surface area contributed by atoms with Crippen LogP contribution in [0.4, 0.5) is 11.4 Å². The van der Waals surface area contributed by atoms with E-state index in [9.17, 15) is 8.42 Å². The summed E-state index contributed by atoms with van der Waals surface area (Å²) in [6.45, 7) is 4.41. The van der Waals surface area contributed by atoms with Crippen LogP contribution in [0.2, 0.25) is 0 Å². The first kappa shape index (κ1) is 12.2. The van der Waals surface area contributed by atoms with Gasteiger partial charge in [0.15, 0.2) is 0 Å². The van der Waals surface area contributed by atoms with Gasteiger partial charge < -0.3 is 5.32 Å². The summed E-state index contributed by atoms with van der Waals surface area (Å²) in [7, 11) is -3.21. The van der Waals surface area contributed by atoms with Crippen LogP contribution < -0.4 is 9.62 Å². The molecule has 1 aromatic rings. The molecule has 5 heteroatoms. The summed E-state index contributed by atoms with van der Waals surface area (Å²) < 4.78 is 26.1. The third kappa shape index (κ3) is 2.24. The van der Waals surface area contributed by atoms with E-state index in [1.807, 2.05) is 38.1 Å². The molecule has 1 aromatic carbocycles. The molecule has 4 nitrogen and oxygen atoms in total.